The van der Waals surface area contributed by atoms with Gasteiger partial charge in [0, 0.05) is 16.8 Å². The lowest BCUT2D eigenvalue weighted by atomic mass is 10.0. The molecule has 0 radical (unpaired) electrons. The summed E-state index contributed by atoms with van der Waals surface area (Å²) in [5, 5.41) is 0. The first-order chi connectivity index (χ1) is 8.88. The molecule has 0 saturated heterocycles. The largest absolute Gasteiger partial charge is 0.383 e. The topological polar surface area (TPSA) is 51.8 Å². The standard InChI is InChI=1S/C15H18FN3/c1-8(2)13-10(4)18-15(19-14(13)17)11-5-9(3)6-12(16)7-11/h5-8H,1-4H3,(H2,17,18,19). The summed E-state index contributed by atoms with van der Waals surface area (Å²) in [6, 6.07) is 4.75. The lowest BCUT2D eigenvalue weighted by Gasteiger charge is -2.13. The number of hydrogen-bond acceptors (Lipinski definition) is 3. The normalized spacial score (nSPS) is 11.1. The number of hydrogen-bond donors (Lipinski definition) is 1. The first-order valence-corrected chi connectivity index (χ1v) is 6.30. The summed E-state index contributed by atoms with van der Waals surface area (Å²) < 4.78 is 13.4. The van der Waals surface area contributed by atoms with Crippen LogP contribution in [-0.4, -0.2) is 9.97 Å². The molecule has 1 aromatic carbocycles. The van der Waals surface area contributed by atoms with Crippen molar-refractivity contribution < 1.29 is 4.39 Å². The zero-order chi connectivity index (χ0) is 14.2. The van der Waals surface area contributed by atoms with Crippen molar-refractivity contribution in [2.45, 2.75) is 33.6 Å². The van der Waals surface area contributed by atoms with E-state index in [1.54, 1.807) is 0 Å². The third kappa shape index (κ3) is 2.72. The van der Waals surface area contributed by atoms with Crippen LogP contribution in [0, 0.1) is 19.7 Å². The average Bonchev–Trinajstić information content (AvgIpc) is 2.25. The van der Waals surface area contributed by atoms with Crippen molar-refractivity contribution in [2.24, 2.45) is 0 Å². The van der Waals surface area contributed by atoms with Crippen LogP contribution >= 0.6 is 0 Å². The van der Waals surface area contributed by atoms with E-state index in [1.807, 2.05) is 33.8 Å². The lowest BCUT2D eigenvalue weighted by molar-refractivity contribution is 0.627. The second-order valence-electron chi connectivity index (χ2n) is 5.10. The molecule has 2 aromatic rings. The van der Waals surface area contributed by atoms with Gasteiger partial charge in [-0.2, -0.15) is 0 Å². The number of nitrogens with two attached hydrogens (primary N) is 1. The van der Waals surface area contributed by atoms with Crippen molar-refractivity contribution in [2.75, 3.05) is 5.73 Å². The van der Waals surface area contributed by atoms with Crippen LogP contribution in [0.1, 0.15) is 36.6 Å². The first-order valence-electron chi connectivity index (χ1n) is 6.30. The number of nitrogen functional groups attached to an aromatic ring is 1. The molecular formula is C15H18FN3. The lowest BCUT2D eigenvalue weighted by Crippen LogP contribution is -2.06. The number of aromatic nitrogens is 2. The van der Waals surface area contributed by atoms with E-state index < -0.39 is 0 Å². The van der Waals surface area contributed by atoms with Crippen molar-refractivity contribution in [1.29, 1.82) is 0 Å². The van der Waals surface area contributed by atoms with E-state index in [4.69, 9.17) is 5.73 Å². The molecule has 1 heterocycles. The van der Waals surface area contributed by atoms with Crippen LogP contribution in [0.3, 0.4) is 0 Å². The van der Waals surface area contributed by atoms with Gasteiger partial charge in [-0.25, -0.2) is 14.4 Å². The fourth-order valence-electron chi connectivity index (χ4n) is 2.31. The molecule has 3 nitrogen and oxygen atoms in total. The SMILES string of the molecule is Cc1cc(F)cc(-c2nc(C)c(C(C)C)c(N)n2)c1. The maximum absolute atomic E-state index is 13.4. The van der Waals surface area contributed by atoms with E-state index in [9.17, 15) is 4.39 Å². The van der Waals surface area contributed by atoms with Crippen LogP contribution in [0.2, 0.25) is 0 Å². The second-order valence-corrected chi connectivity index (χ2v) is 5.10. The van der Waals surface area contributed by atoms with Gasteiger partial charge < -0.3 is 5.73 Å². The van der Waals surface area contributed by atoms with Crippen molar-refractivity contribution >= 4 is 5.82 Å². The van der Waals surface area contributed by atoms with Crippen LogP contribution in [0.4, 0.5) is 10.2 Å². The minimum absolute atomic E-state index is 0.267. The molecule has 1 aromatic heterocycles. The van der Waals surface area contributed by atoms with Crippen molar-refractivity contribution in [3.8, 4) is 11.4 Å². The molecule has 0 fully saturated rings. The Kier molecular flexibility index (Phi) is 3.51. The summed E-state index contributed by atoms with van der Waals surface area (Å²) in [7, 11) is 0. The van der Waals surface area contributed by atoms with Crippen molar-refractivity contribution in [3.63, 3.8) is 0 Å². The van der Waals surface area contributed by atoms with Gasteiger partial charge in [-0.1, -0.05) is 13.8 Å². The van der Waals surface area contributed by atoms with Gasteiger partial charge in [-0.05, 0) is 43.5 Å². The average molecular weight is 259 g/mol. The Hall–Kier alpha value is -1.97. The molecule has 0 aliphatic rings. The summed E-state index contributed by atoms with van der Waals surface area (Å²) in [5.41, 5.74) is 9.28. The monoisotopic (exact) mass is 259 g/mol. The van der Waals surface area contributed by atoms with Gasteiger partial charge in [0.05, 0.1) is 0 Å². The maximum Gasteiger partial charge on any atom is 0.161 e. The number of nitrogens with zero attached hydrogens (tertiary/aromatic N) is 2. The molecule has 0 saturated carbocycles. The van der Waals surface area contributed by atoms with Gasteiger partial charge in [-0.15, -0.1) is 0 Å². The zero-order valence-electron chi connectivity index (χ0n) is 11.7. The van der Waals surface area contributed by atoms with E-state index in [-0.39, 0.29) is 11.7 Å². The third-order valence-electron chi connectivity index (χ3n) is 3.04. The molecule has 19 heavy (non-hydrogen) atoms. The Morgan fingerprint density at radius 3 is 2.32 bits per heavy atom. The van der Waals surface area contributed by atoms with Gasteiger partial charge in [0.2, 0.25) is 0 Å². The highest BCUT2D eigenvalue weighted by Crippen LogP contribution is 2.26. The van der Waals surface area contributed by atoms with Gasteiger partial charge in [0.25, 0.3) is 0 Å². The van der Waals surface area contributed by atoms with E-state index in [1.165, 1.54) is 12.1 Å². The van der Waals surface area contributed by atoms with E-state index in [2.05, 4.69) is 9.97 Å². The van der Waals surface area contributed by atoms with Gasteiger partial charge in [0.1, 0.15) is 11.6 Å². The molecule has 0 aliphatic carbocycles. The molecular weight excluding hydrogens is 241 g/mol. The number of rotatable bonds is 2. The maximum atomic E-state index is 13.4. The molecule has 0 aliphatic heterocycles. The van der Waals surface area contributed by atoms with Crippen LogP contribution in [0.25, 0.3) is 11.4 Å². The Morgan fingerprint density at radius 2 is 1.79 bits per heavy atom. The van der Waals surface area contributed by atoms with Crippen LogP contribution < -0.4 is 5.73 Å². The second kappa shape index (κ2) is 4.96. The minimum Gasteiger partial charge on any atom is -0.383 e. The molecule has 0 spiro atoms. The summed E-state index contributed by atoms with van der Waals surface area (Å²) in [6.45, 7) is 7.84. The minimum atomic E-state index is -0.289. The van der Waals surface area contributed by atoms with Crippen molar-refractivity contribution in [3.05, 3.63) is 40.8 Å². The molecule has 0 bridgehead atoms. The zero-order valence-corrected chi connectivity index (χ0v) is 11.7. The highest BCUT2D eigenvalue weighted by atomic mass is 19.1. The summed E-state index contributed by atoms with van der Waals surface area (Å²) >= 11 is 0. The predicted octanol–water partition coefficient (Wildman–Crippen LogP) is 3.61. The number of halogens is 1. The van der Waals surface area contributed by atoms with Gasteiger partial charge in [0.15, 0.2) is 5.82 Å². The molecule has 2 rings (SSSR count). The summed E-state index contributed by atoms with van der Waals surface area (Å²) in [4.78, 5) is 8.76. The number of anilines is 1. The van der Waals surface area contributed by atoms with Gasteiger partial charge >= 0.3 is 0 Å². The quantitative estimate of drug-likeness (QED) is 0.896. The smallest absolute Gasteiger partial charge is 0.161 e. The number of benzene rings is 1. The Morgan fingerprint density at radius 1 is 1.11 bits per heavy atom. The first kappa shape index (κ1) is 13.5. The fourth-order valence-corrected chi connectivity index (χ4v) is 2.31. The molecule has 2 N–H and O–H groups in total. The summed E-state index contributed by atoms with van der Waals surface area (Å²) in [5.74, 6) is 0.924. The van der Waals surface area contributed by atoms with Gasteiger partial charge in [-0.3, -0.25) is 0 Å². The highest BCUT2D eigenvalue weighted by molar-refractivity contribution is 5.60. The fraction of sp³-hybridized carbons (Fsp3) is 0.333. The molecule has 0 amide bonds. The Balaban J connectivity index is 2.58. The van der Waals surface area contributed by atoms with E-state index in [0.717, 1.165) is 16.8 Å². The predicted molar refractivity (Wildman–Crippen MR) is 75.4 cm³/mol. The third-order valence-corrected chi connectivity index (χ3v) is 3.04. The summed E-state index contributed by atoms with van der Waals surface area (Å²) in [6.07, 6.45) is 0. The Labute approximate surface area is 112 Å². The molecule has 0 atom stereocenters. The number of aryl methyl sites for hydroxylation is 2. The van der Waals surface area contributed by atoms with E-state index in [0.29, 0.717) is 17.2 Å². The highest BCUT2D eigenvalue weighted by Gasteiger charge is 2.14. The Bertz CT molecular complexity index is 578. The van der Waals surface area contributed by atoms with E-state index >= 15 is 0 Å². The van der Waals surface area contributed by atoms with Crippen molar-refractivity contribution in [1.82, 2.24) is 9.97 Å². The molecule has 4 heteroatoms. The van der Waals surface area contributed by atoms with Crippen LogP contribution in [0.5, 0.6) is 0 Å². The van der Waals surface area contributed by atoms with Crippen LogP contribution in [-0.2, 0) is 0 Å². The molecule has 0 unspecified atom stereocenters. The molecule has 100 valence electrons. The van der Waals surface area contributed by atoms with Crippen LogP contribution in [0.15, 0.2) is 18.2 Å².